The van der Waals surface area contributed by atoms with Crippen molar-refractivity contribution in [1.82, 2.24) is 14.5 Å². The van der Waals surface area contributed by atoms with Gasteiger partial charge in [-0.2, -0.15) is 0 Å². The van der Waals surface area contributed by atoms with E-state index in [0.717, 1.165) is 68.3 Å². The first-order valence-electron chi connectivity index (χ1n) is 12.0. The van der Waals surface area contributed by atoms with Crippen LogP contribution in [0, 0.1) is 11.8 Å². The highest BCUT2D eigenvalue weighted by Gasteiger charge is 2.27. The molecule has 1 aliphatic carbocycles. The van der Waals surface area contributed by atoms with E-state index in [1.54, 1.807) is 23.2 Å². The molecule has 2 N–H and O–H groups in total. The number of hydrogen-bond acceptors (Lipinski definition) is 5. The number of anilines is 2. The van der Waals surface area contributed by atoms with E-state index < -0.39 is 0 Å². The summed E-state index contributed by atoms with van der Waals surface area (Å²) in [5.41, 5.74) is 3.23. The van der Waals surface area contributed by atoms with Crippen molar-refractivity contribution >= 4 is 34.4 Å². The van der Waals surface area contributed by atoms with E-state index >= 15 is 0 Å². The quantitative estimate of drug-likeness (QED) is 0.650. The molecule has 33 heavy (non-hydrogen) atoms. The Bertz CT molecular complexity index is 1070. The SMILES string of the molecule is CCOC(=O)C1CCC(CNC(=O)Nc2cc3c(cc2N2CCCC2)n(C)c(=O)n3C)CC1. The van der Waals surface area contributed by atoms with E-state index in [0.29, 0.717) is 24.8 Å². The van der Waals surface area contributed by atoms with Crippen LogP contribution in [0.3, 0.4) is 0 Å². The van der Waals surface area contributed by atoms with Crippen LogP contribution >= 0.6 is 0 Å². The number of amides is 2. The second-order valence-electron chi connectivity index (χ2n) is 9.26. The van der Waals surface area contributed by atoms with Crippen molar-refractivity contribution in [3.8, 4) is 0 Å². The Kier molecular flexibility index (Phi) is 6.95. The molecule has 0 unspecified atom stereocenters. The fourth-order valence-electron chi connectivity index (χ4n) is 5.12. The molecule has 2 heterocycles. The van der Waals surface area contributed by atoms with Gasteiger partial charge >= 0.3 is 17.7 Å². The van der Waals surface area contributed by atoms with Crippen molar-refractivity contribution in [3.05, 3.63) is 22.6 Å². The molecule has 0 spiro atoms. The Labute approximate surface area is 194 Å². The predicted octanol–water partition coefficient (Wildman–Crippen LogP) is 2.97. The van der Waals surface area contributed by atoms with Gasteiger partial charge in [-0.1, -0.05) is 0 Å². The van der Waals surface area contributed by atoms with E-state index in [1.165, 1.54) is 0 Å². The average Bonchev–Trinajstić information content (AvgIpc) is 3.42. The number of urea groups is 1. The molecule has 1 aromatic carbocycles. The van der Waals surface area contributed by atoms with Crippen LogP contribution in [0.2, 0.25) is 0 Å². The molecule has 4 rings (SSSR count). The average molecular weight is 458 g/mol. The summed E-state index contributed by atoms with van der Waals surface area (Å²) in [6, 6.07) is 3.66. The molecule has 2 fully saturated rings. The largest absolute Gasteiger partial charge is 0.466 e. The minimum absolute atomic E-state index is 0.0118. The molecular formula is C24H35N5O4. The Morgan fingerprint density at radius 3 is 2.30 bits per heavy atom. The number of benzene rings is 1. The minimum atomic E-state index is -0.247. The molecule has 9 nitrogen and oxygen atoms in total. The van der Waals surface area contributed by atoms with Crippen LogP contribution in [0.15, 0.2) is 16.9 Å². The molecule has 1 aliphatic heterocycles. The van der Waals surface area contributed by atoms with Crippen LogP contribution in [-0.4, -0.2) is 47.4 Å². The fourth-order valence-corrected chi connectivity index (χ4v) is 5.12. The molecule has 1 saturated carbocycles. The van der Waals surface area contributed by atoms with Gasteiger partial charge in [-0.05, 0) is 63.5 Å². The van der Waals surface area contributed by atoms with Gasteiger partial charge in [0, 0.05) is 33.7 Å². The van der Waals surface area contributed by atoms with E-state index in [2.05, 4.69) is 15.5 Å². The van der Waals surface area contributed by atoms with Crippen LogP contribution in [0.25, 0.3) is 11.0 Å². The van der Waals surface area contributed by atoms with Gasteiger partial charge in [-0.15, -0.1) is 0 Å². The van der Waals surface area contributed by atoms with Crippen LogP contribution in [0.1, 0.15) is 45.4 Å². The molecule has 1 saturated heterocycles. The van der Waals surface area contributed by atoms with Gasteiger partial charge < -0.3 is 20.3 Å². The van der Waals surface area contributed by atoms with E-state index in [1.807, 2.05) is 19.1 Å². The summed E-state index contributed by atoms with van der Waals surface area (Å²) in [5.74, 6) is 0.251. The number of aromatic nitrogens is 2. The molecule has 0 bridgehead atoms. The van der Waals surface area contributed by atoms with Crippen LogP contribution in [-0.2, 0) is 23.6 Å². The first kappa shape index (κ1) is 23.2. The first-order chi connectivity index (χ1) is 15.9. The summed E-state index contributed by atoms with van der Waals surface area (Å²) in [6.45, 7) is 4.70. The summed E-state index contributed by atoms with van der Waals surface area (Å²) in [5, 5.41) is 6.04. The van der Waals surface area contributed by atoms with Gasteiger partial charge in [0.05, 0.1) is 34.9 Å². The zero-order chi connectivity index (χ0) is 23.5. The Morgan fingerprint density at radius 1 is 1.03 bits per heavy atom. The van der Waals surface area contributed by atoms with E-state index in [4.69, 9.17) is 4.74 Å². The third-order valence-electron chi connectivity index (χ3n) is 7.10. The Balaban J connectivity index is 1.42. The maximum absolute atomic E-state index is 12.8. The zero-order valence-corrected chi connectivity index (χ0v) is 19.9. The summed E-state index contributed by atoms with van der Waals surface area (Å²) < 4.78 is 8.39. The molecule has 2 aliphatic rings. The van der Waals surface area contributed by atoms with Crippen molar-refractivity contribution in [2.75, 3.05) is 36.5 Å². The highest BCUT2D eigenvalue weighted by atomic mass is 16.5. The Hall–Kier alpha value is -2.97. The normalized spacial score (nSPS) is 20.8. The second-order valence-corrected chi connectivity index (χ2v) is 9.26. The van der Waals surface area contributed by atoms with Crippen molar-refractivity contribution < 1.29 is 14.3 Å². The maximum atomic E-state index is 12.8. The smallest absolute Gasteiger partial charge is 0.328 e. The molecule has 0 atom stereocenters. The number of hydrogen-bond donors (Lipinski definition) is 2. The minimum Gasteiger partial charge on any atom is -0.466 e. The Morgan fingerprint density at radius 2 is 1.67 bits per heavy atom. The van der Waals surface area contributed by atoms with Gasteiger partial charge in [0.1, 0.15) is 0 Å². The lowest BCUT2D eigenvalue weighted by atomic mass is 9.82. The lowest BCUT2D eigenvalue weighted by Gasteiger charge is -2.27. The molecule has 180 valence electrons. The van der Waals surface area contributed by atoms with Gasteiger partial charge in [-0.3, -0.25) is 13.9 Å². The molecule has 0 radical (unpaired) electrons. The molecule has 1 aromatic heterocycles. The number of aryl methyl sites for hydroxylation is 2. The fraction of sp³-hybridized carbons (Fsp3) is 0.625. The second kappa shape index (κ2) is 9.89. The number of carbonyl (C=O) groups is 2. The summed E-state index contributed by atoms with van der Waals surface area (Å²) in [7, 11) is 3.52. The number of nitrogens with one attached hydrogen (secondary N) is 2. The van der Waals surface area contributed by atoms with Gasteiger partial charge in [-0.25, -0.2) is 9.59 Å². The number of fused-ring (bicyclic) bond motifs is 1. The number of esters is 1. The number of rotatable bonds is 6. The topological polar surface area (TPSA) is 97.6 Å². The number of imidazole rings is 1. The number of nitrogens with zero attached hydrogens (tertiary/aromatic N) is 3. The van der Waals surface area contributed by atoms with Crippen molar-refractivity contribution in [3.63, 3.8) is 0 Å². The van der Waals surface area contributed by atoms with E-state index in [9.17, 15) is 14.4 Å². The highest BCUT2D eigenvalue weighted by Crippen LogP contribution is 2.33. The monoisotopic (exact) mass is 457 g/mol. The summed E-state index contributed by atoms with van der Waals surface area (Å²) in [6.07, 6.45) is 5.66. The summed E-state index contributed by atoms with van der Waals surface area (Å²) >= 11 is 0. The first-order valence-corrected chi connectivity index (χ1v) is 12.0. The number of ether oxygens (including phenoxy) is 1. The standard InChI is InChI=1S/C24H35N5O4/c1-4-33-22(30)17-9-7-16(8-10-17)15-25-23(31)26-18-13-20-21(28(3)24(32)27(20)2)14-19(18)29-11-5-6-12-29/h13-14,16-17H,4-12,15H2,1-3H3,(H2,25,26,31). The molecule has 2 aromatic rings. The van der Waals surface area contributed by atoms with Crippen molar-refractivity contribution in [2.45, 2.75) is 45.4 Å². The van der Waals surface area contributed by atoms with Crippen molar-refractivity contribution in [2.24, 2.45) is 25.9 Å². The summed E-state index contributed by atoms with van der Waals surface area (Å²) in [4.78, 5) is 39.4. The third kappa shape index (κ3) is 4.86. The highest BCUT2D eigenvalue weighted by molar-refractivity contribution is 5.98. The lowest BCUT2D eigenvalue weighted by molar-refractivity contribution is -0.149. The van der Waals surface area contributed by atoms with Gasteiger partial charge in [0.25, 0.3) is 0 Å². The van der Waals surface area contributed by atoms with E-state index in [-0.39, 0.29) is 23.6 Å². The molecule has 9 heteroatoms. The predicted molar refractivity (Wildman–Crippen MR) is 129 cm³/mol. The van der Waals surface area contributed by atoms with Crippen LogP contribution in [0.4, 0.5) is 16.2 Å². The van der Waals surface area contributed by atoms with Crippen LogP contribution < -0.4 is 21.2 Å². The maximum Gasteiger partial charge on any atom is 0.328 e. The van der Waals surface area contributed by atoms with Crippen LogP contribution in [0.5, 0.6) is 0 Å². The molecule has 2 amide bonds. The van der Waals surface area contributed by atoms with Crippen molar-refractivity contribution in [1.29, 1.82) is 0 Å². The van der Waals surface area contributed by atoms with Gasteiger partial charge in [0.2, 0.25) is 0 Å². The lowest BCUT2D eigenvalue weighted by Crippen LogP contribution is -2.35. The third-order valence-corrected chi connectivity index (χ3v) is 7.10. The van der Waals surface area contributed by atoms with Gasteiger partial charge in [0.15, 0.2) is 0 Å². The number of carbonyl (C=O) groups excluding carboxylic acids is 2. The molecular weight excluding hydrogens is 422 g/mol. The zero-order valence-electron chi connectivity index (χ0n) is 19.9.